The van der Waals surface area contributed by atoms with Crippen LogP contribution < -0.4 is 4.90 Å². The van der Waals surface area contributed by atoms with Crippen molar-refractivity contribution in [1.82, 2.24) is 14.5 Å². The molecule has 3 aromatic heterocycles. The third-order valence-electron chi connectivity index (χ3n) is 8.49. The molecular weight excluding hydrogens is 512 g/mol. The van der Waals surface area contributed by atoms with E-state index in [1.165, 1.54) is 55.0 Å². The van der Waals surface area contributed by atoms with Crippen molar-refractivity contribution in [3.05, 3.63) is 146 Å². The van der Waals surface area contributed by atoms with Gasteiger partial charge in [-0.2, -0.15) is 0 Å². The number of anilines is 3. The summed E-state index contributed by atoms with van der Waals surface area (Å²) in [6.07, 6.45) is 7.47. The molecular formula is C38H24N4. The van der Waals surface area contributed by atoms with E-state index < -0.39 is 0 Å². The number of rotatable bonds is 3. The number of hydrogen-bond donors (Lipinski definition) is 0. The lowest BCUT2D eigenvalue weighted by molar-refractivity contribution is 1.15. The smallest absolute Gasteiger partial charge is 0.0562 e. The molecule has 0 spiro atoms. The highest BCUT2D eigenvalue weighted by Crippen LogP contribution is 2.52. The molecule has 4 heteroatoms. The molecule has 0 fully saturated rings. The Morgan fingerprint density at radius 1 is 0.452 bits per heavy atom. The van der Waals surface area contributed by atoms with Crippen molar-refractivity contribution in [2.24, 2.45) is 0 Å². The summed E-state index contributed by atoms with van der Waals surface area (Å²) in [6.45, 7) is 0. The van der Waals surface area contributed by atoms with Gasteiger partial charge in [-0.25, -0.2) is 0 Å². The summed E-state index contributed by atoms with van der Waals surface area (Å²) >= 11 is 0. The Balaban J connectivity index is 1.43. The van der Waals surface area contributed by atoms with E-state index in [2.05, 4.69) is 141 Å². The molecule has 4 heterocycles. The first-order chi connectivity index (χ1) is 20.8. The van der Waals surface area contributed by atoms with Gasteiger partial charge in [-0.3, -0.25) is 9.97 Å². The van der Waals surface area contributed by atoms with E-state index in [1.807, 2.05) is 24.8 Å². The molecule has 9 rings (SSSR count). The maximum Gasteiger partial charge on any atom is 0.0562 e. The molecule has 1 aliphatic rings. The van der Waals surface area contributed by atoms with Crippen LogP contribution in [-0.2, 0) is 0 Å². The van der Waals surface area contributed by atoms with E-state index in [0.717, 1.165) is 22.6 Å². The summed E-state index contributed by atoms with van der Waals surface area (Å²) in [5, 5.41) is 4.96. The van der Waals surface area contributed by atoms with Gasteiger partial charge >= 0.3 is 0 Å². The average Bonchev–Trinajstić information content (AvgIpc) is 3.38. The molecule has 0 atom stereocenters. The Hall–Kier alpha value is -5.74. The molecule has 8 aromatic rings. The predicted molar refractivity (Wildman–Crippen MR) is 173 cm³/mol. The van der Waals surface area contributed by atoms with Crippen LogP contribution in [0.4, 0.5) is 17.1 Å². The highest BCUT2D eigenvalue weighted by Gasteiger charge is 2.28. The first-order valence-electron chi connectivity index (χ1n) is 14.2. The number of aromatic nitrogens is 3. The van der Waals surface area contributed by atoms with Crippen molar-refractivity contribution in [2.75, 3.05) is 4.90 Å². The van der Waals surface area contributed by atoms with Gasteiger partial charge < -0.3 is 9.47 Å². The van der Waals surface area contributed by atoms with Crippen LogP contribution in [0.15, 0.2) is 146 Å². The molecule has 0 saturated heterocycles. The summed E-state index contributed by atoms with van der Waals surface area (Å²) in [4.78, 5) is 11.0. The normalized spacial score (nSPS) is 12.2. The lowest BCUT2D eigenvalue weighted by Gasteiger charge is -2.33. The first kappa shape index (κ1) is 23.0. The number of pyridine rings is 2. The van der Waals surface area contributed by atoms with E-state index in [-0.39, 0.29) is 0 Å². The monoisotopic (exact) mass is 536 g/mol. The summed E-state index contributed by atoms with van der Waals surface area (Å²) in [7, 11) is 0. The Morgan fingerprint density at radius 3 is 1.95 bits per heavy atom. The zero-order valence-corrected chi connectivity index (χ0v) is 22.6. The summed E-state index contributed by atoms with van der Waals surface area (Å²) in [5.41, 5.74) is 11.7. The van der Waals surface area contributed by atoms with Crippen LogP contribution >= 0.6 is 0 Å². The third kappa shape index (κ3) is 3.29. The second-order valence-corrected chi connectivity index (χ2v) is 10.7. The molecule has 0 saturated carbocycles. The van der Waals surface area contributed by atoms with Gasteiger partial charge in [-0.05, 0) is 76.7 Å². The molecule has 0 aliphatic carbocycles. The van der Waals surface area contributed by atoms with E-state index in [0.29, 0.717) is 0 Å². The topological polar surface area (TPSA) is 34.0 Å². The number of hydrogen-bond acceptors (Lipinski definition) is 3. The maximum absolute atomic E-state index is 4.32. The molecule has 0 unspecified atom stereocenters. The van der Waals surface area contributed by atoms with Gasteiger partial charge in [-0.15, -0.1) is 0 Å². The van der Waals surface area contributed by atoms with E-state index in [1.54, 1.807) is 0 Å². The van der Waals surface area contributed by atoms with Gasteiger partial charge in [0.05, 0.1) is 22.4 Å². The largest absolute Gasteiger partial charge is 0.309 e. The molecule has 4 nitrogen and oxygen atoms in total. The molecule has 0 radical (unpaired) electrons. The SMILES string of the molecule is c1ccc(-c2ccc3c(c2)c2cc4c(cc2n3-c2ccncc2)N(c2ccncc2)c2cccc3cccc-4c23)cc1. The Bertz CT molecular complexity index is 2280. The van der Waals surface area contributed by atoms with Crippen LogP contribution in [0.25, 0.3) is 60.5 Å². The van der Waals surface area contributed by atoms with Crippen LogP contribution in [-0.4, -0.2) is 14.5 Å². The van der Waals surface area contributed by atoms with Crippen molar-refractivity contribution in [3.63, 3.8) is 0 Å². The molecule has 0 N–H and O–H groups in total. The third-order valence-corrected chi connectivity index (χ3v) is 8.49. The zero-order valence-electron chi connectivity index (χ0n) is 22.6. The number of fused-ring (bicyclic) bond motifs is 5. The van der Waals surface area contributed by atoms with Gasteiger partial charge in [0, 0.05) is 57.9 Å². The predicted octanol–water partition coefficient (Wildman–Crippen LogP) is 9.84. The molecule has 1 aliphatic heterocycles. The Morgan fingerprint density at radius 2 is 1.17 bits per heavy atom. The van der Waals surface area contributed by atoms with Crippen LogP contribution in [0.5, 0.6) is 0 Å². The van der Waals surface area contributed by atoms with Crippen molar-refractivity contribution in [2.45, 2.75) is 0 Å². The van der Waals surface area contributed by atoms with Crippen molar-refractivity contribution < 1.29 is 0 Å². The van der Waals surface area contributed by atoms with Crippen LogP contribution in [0, 0.1) is 0 Å². The number of nitrogens with zero attached hydrogens (tertiary/aromatic N) is 4. The van der Waals surface area contributed by atoms with Gasteiger partial charge in [0.1, 0.15) is 0 Å². The lowest BCUT2D eigenvalue weighted by atomic mass is 9.89. The van der Waals surface area contributed by atoms with Crippen molar-refractivity contribution in [3.8, 4) is 27.9 Å². The lowest BCUT2D eigenvalue weighted by Crippen LogP contribution is -2.15. The molecule has 0 bridgehead atoms. The van der Waals surface area contributed by atoms with Crippen molar-refractivity contribution in [1.29, 1.82) is 0 Å². The van der Waals surface area contributed by atoms with E-state index in [9.17, 15) is 0 Å². The second-order valence-electron chi connectivity index (χ2n) is 10.7. The maximum atomic E-state index is 4.32. The zero-order chi connectivity index (χ0) is 27.6. The second kappa shape index (κ2) is 8.88. The van der Waals surface area contributed by atoms with Crippen LogP contribution in [0.2, 0.25) is 0 Å². The molecule has 5 aromatic carbocycles. The van der Waals surface area contributed by atoms with Gasteiger partial charge in [-0.1, -0.05) is 66.7 Å². The fourth-order valence-corrected chi connectivity index (χ4v) is 6.67. The quantitative estimate of drug-likeness (QED) is 0.225. The molecule has 42 heavy (non-hydrogen) atoms. The van der Waals surface area contributed by atoms with E-state index >= 15 is 0 Å². The fraction of sp³-hybridized carbons (Fsp3) is 0. The summed E-state index contributed by atoms with van der Waals surface area (Å²) < 4.78 is 2.37. The summed E-state index contributed by atoms with van der Waals surface area (Å²) in [5.74, 6) is 0. The minimum atomic E-state index is 1.09. The van der Waals surface area contributed by atoms with Crippen molar-refractivity contribution >= 4 is 49.6 Å². The highest BCUT2D eigenvalue weighted by molar-refractivity contribution is 6.19. The van der Waals surface area contributed by atoms with Crippen LogP contribution in [0.1, 0.15) is 0 Å². The first-order valence-corrected chi connectivity index (χ1v) is 14.2. The molecule has 196 valence electrons. The summed E-state index contributed by atoms with van der Waals surface area (Å²) in [6, 6.07) is 43.8. The minimum Gasteiger partial charge on any atom is -0.309 e. The molecule has 0 amide bonds. The van der Waals surface area contributed by atoms with Crippen LogP contribution in [0.3, 0.4) is 0 Å². The van der Waals surface area contributed by atoms with Gasteiger partial charge in [0.25, 0.3) is 0 Å². The standard InChI is InChI=1S/C38H24N4/c1-2-6-25(7-3-1)27-12-13-34-31(22-27)33-23-32-30-10-4-8-26-9-5-11-35(38(26)30)42(29-16-20-40-21-17-29)36(32)24-37(33)41(34)28-14-18-39-19-15-28/h1-24H. The van der Waals surface area contributed by atoms with Gasteiger partial charge in [0.2, 0.25) is 0 Å². The average molecular weight is 537 g/mol. The minimum absolute atomic E-state index is 1.09. The number of benzene rings is 5. The Kier molecular flexibility index (Phi) is 4.87. The van der Waals surface area contributed by atoms with Gasteiger partial charge in [0.15, 0.2) is 0 Å². The van der Waals surface area contributed by atoms with E-state index in [4.69, 9.17) is 0 Å². The fourth-order valence-electron chi connectivity index (χ4n) is 6.67. The Labute approximate surface area is 242 Å². The highest BCUT2D eigenvalue weighted by atomic mass is 15.2.